The Morgan fingerprint density at radius 2 is 1.68 bits per heavy atom. The number of carbonyl (C=O) groups is 4. The molecular weight excluding hydrogens is 823 g/mol. The number of amides is 4. The number of alkyl carbamates (subject to hydrolysis) is 1. The van der Waals surface area contributed by atoms with Crippen molar-refractivity contribution in [3.63, 3.8) is 0 Å². The summed E-state index contributed by atoms with van der Waals surface area (Å²) in [7, 11) is -4.01. The number of allylic oxidation sites excluding steroid dienone is 1. The number of ether oxygens (including phenoxy) is 2. The second-order valence-electron chi connectivity index (χ2n) is 18.8. The molecule has 4 saturated carbocycles. The molecule has 6 aliphatic rings. The van der Waals surface area contributed by atoms with Crippen LogP contribution in [0.15, 0.2) is 66.7 Å². The molecule has 5 fully saturated rings. The molecule has 63 heavy (non-hydrogen) atoms. The molecule has 4 heterocycles. The van der Waals surface area contributed by atoms with Gasteiger partial charge in [-0.05, 0) is 108 Å². The normalized spacial score (nSPS) is 27.5. The monoisotopic (exact) mass is 877 g/mol. The van der Waals surface area contributed by atoms with Gasteiger partial charge in [0.15, 0.2) is 5.65 Å². The Balaban J connectivity index is 0.982. The molecule has 2 aliphatic heterocycles. The van der Waals surface area contributed by atoms with E-state index < -0.39 is 68.2 Å². The number of carbonyl (C=O) groups excluding carboxylic acids is 4. The minimum absolute atomic E-state index is 0.0158. The molecule has 16 heteroatoms. The zero-order valence-electron chi connectivity index (χ0n) is 35.6. The van der Waals surface area contributed by atoms with Gasteiger partial charge in [0.05, 0.1) is 22.5 Å². The molecule has 3 N–H and O–H groups in total. The standard InChI is InChI=1S/C47H55N7O8S/c1-46(23-24-46)63(59,60)52-44(57)47-27-32(47)11-5-3-2-4-6-16-37(49-45(58)62-33-12-7-8-13-33)43(56)53-28-34(25-39(53)42(55)50-47)61-40-26-38(31-21-19-30(20-22-31)29-17-18-29)48-41-35-14-9-10-15-36(35)51-54(40)41/h5,9-11,14-15,19-22,26,29,32-34,37,39H,2-4,6-8,12-13,16-18,23-25,27-28H2,1H3,(H,49,58)(H,50,55)(H,52,57)/t32-,34-,37+,39+,47-/m1/s1. The quantitative estimate of drug-likeness (QED) is 0.163. The van der Waals surface area contributed by atoms with Crippen LogP contribution in [0.4, 0.5) is 4.79 Å². The van der Waals surface area contributed by atoms with E-state index in [1.54, 1.807) is 11.4 Å². The molecule has 5 atom stereocenters. The molecule has 2 aromatic carbocycles. The highest BCUT2D eigenvalue weighted by atomic mass is 32.2. The first-order valence-corrected chi connectivity index (χ1v) is 24.3. The van der Waals surface area contributed by atoms with Gasteiger partial charge in [-0.2, -0.15) is 9.61 Å². The summed E-state index contributed by atoms with van der Waals surface area (Å²) in [6, 6.07) is 15.8. The lowest BCUT2D eigenvalue weighted by molar-refractivity contribution is -0.141. The van der Waals surface area contributed by atoms with Gasteiger partial charge >= 0.3 is 6.09 Å². The molecule has 0 unspecified atom stereocenters. The van der Waals surface area contributed by atoms with Gasteiger partial charge in [-0.15, -0.1) is 0 Å². The number of hydrogen-bond donors (Lipinski definition) is 3. The summed E-state index contributed by atoms with van der Waals surface area (Å²) >= 11 is 0. The van der Waals surface area contributed by atoms with Crippen LogP contribution < -0.4 is 20.1 Å². The number of fused-ring (bicyclic) bond motifs is 5. The fraction of sp³-hybridized carbons (Fsp3) is 0.532. The average Bonchev–Trinajstić information content (AvgIpc) is 4.23. The van der Waals surface area contributed by atoms with Gasteiger partial charge < -0.3 is 25.0 Å². The smallest absolute Gasteiger partial charge is 0.408 e. The molecule has 4 aliphatic carbocycles. The molecule has 1 saturated heterocycles. The van der Waals surface area contributed by atoms with Gasteiger partial charge in [-0.3, -0.25) is 19.1 Å². The van der Waals surface area contributed by atoms with E-state index in [1.807, 2.05) is 42.5 Å². The summed E-state index contributed by atoms with van der Waals surface area (Å²) in [6.07, 6.45) is 12.5. The lowest BCUT2D eigenvalue weighted by atomic mass is 10.0. The molecule has 0 spiro atoms. The van der Waals surface area contributed by atoms with Crippen molar-refractivity contribution in [1.29, 1.82) is 0 Å². The largest absolute Gasteiger partial charge is 0.472 e. The van der Waals surface area contributed by atoms with Crippen LogP contribution in [0.25, 0.3) is 27.8 Å². The summed E-state index contributed by atoms with van der Waals surface area (Å²) < 4.78 is 42.1. The van der Waals surface area contributed by atoms with Gasteiger partial charge in [0.2, 0.25) is 27.7 Å². The van der Waals surface area contributed by atoms with Crippen molar-refractivity contribution in [2.75, 3.05) is 6.54 Å². The molecule has 0 bridgehead atoms. The fourth-order valence-electron chi connectivity index (χ4n) is 9.63. The second-order valence-corrected chi connectivity index (χ2v) is 21.0. The van der Waals surface area contributed by atoms with E-state index in [9.17, 15) is 27.6 Å². The maximum Gasteiger partial charge on any atom is 0.408 e. The maximum atomic E-state index is 14.9. The molecule has 10 rings (SSSR count). The summed E-state index contributed by atoms with van der Waals surface area (Å²) in [4.78, 5) is 63.5. The van der Waals surface area contributed by atoms with E-state index in [-0.39, 0.29) is 25.5 Å². The second kappa shape index (κ2) is 16.2. The van der Waals surface area contributed by atoms with Gasteiger partial charge in [0, 0.05) is 29.4 Å². The molecular formula is C47H55N7O8S. The Kier molecular flexibility index (Phi) is 10.7. The Bertz CT molecular complexity index is 2600. The molecule has 4 amide bonds. The van der Waals surface area contributed by atoms with Crippen molar-refractivity contribution in [2.45, 2.75) is 144 Å². The predicted molar refractivity (Wildman–Crippen MR) is 234 cm³/mol. The van der Waals surface area contributed by atoms with Crippen LogP contribution in [0.3, 0.4) is 0 Å². The van der Waals surface area contributed by atoms with Crippen LogP contribution in [0.2, 0.25) is 0 Å². The molecule has 0 radical (unpaired) electrons. The first kappa shape index (κ1) is 41.5. The van der Waals surface area contributed by atoms with E-state index in [0.717, 1.165) is 55.0 Å². The van der Waals surface area contributed by atoms with Crippen molar-refractivity contribution in [1.82, 2.24) is 34.9 Å². The molecule has 332 valence electrons. The van der Waals surface area contributed by atoms with E-state index in [0.29, 0.717) is 55.2 Å². The van der Waals surface area contributed by atoms with Crippen LogP contribution in [-0.2, 0) is 29.1 Å². The third kappa shape index (κ3) is 8.26. The van der Waals surface area contributed by atoms with Gasteiger partial charge in [-0.1, -0.05) is 61.4 Å². The van der Waals surface area contributed by atoms with Gasteiger partial charge in [0.25, 0.3) is 5.91 Å². The number of nitrogens with one attached hydrogen (secondary N) is 3. The number of nitrogens with zero attached hydrogens (tertiary/aromatic N) is 4. The van der Waals surface area contributed by atoms with Crippen molar-refractivity contribution in [3.05, 3.63) is 72.3 Å². The molecule has 2 aromatic heterocycles. The molecule has 4 aromatic rings. The summed E-state index contributed by atoms with van der Waals surface area (Å²) in [6.45, 7) is 1.59. The number of rotatable bonds is 9. The van der Waals surface area contributed by atoms with E-state index in [2.05, 4.69) is 39.6 Å². The average molecular weight is 878 g/mol. The fourth-order valence-corrected chi connectivity index (χ4v) is 10.9. The first-order valence-electron chi connectivity index (χ1n) is 22.8. The van der Waals surface area contributed by atoms with Crippen LogP contribution in [0.1, 0.15) is 115 Å². The van der Waals surface area contributed by atoms with Crippen LogP contribution >= 0.6 is 0 Å². The number of hydrogen-bond acceptors (Lipinski definition) is 10. The first-order chi connectivity index (χ1) is 30.4. The Labute approximate surface area is 366 Å². The lowest BCUT2D eigenvalue weighted by Crippen LogP contribution is -2.58. The van der Waals surface area contributed by atoms with Crippen molar-refractivity contribution in [2.24, 2.45) is 5.92 Å². The number of sulfonamides is 1. The summed E-state index contributed by atoms with van der Waals surface area (Å²) in [5.41, 5.74) is 2.66. The predicted octanol–water partition coefficient (Wildman–Crippen LogP) is 6.21. The van der Waals surface area contributed by atoms with Gasteiger partial charge in [-0.25, -0.2) is 18.2 Å². The highest BCUT2D eigenvalue weighted by Crippen LogP contribution is 2.48. The maximum absolute atomic E-state index is 14.9. The summed E-state index contributed by atoms with van der Waals surface area (Å²) in [5, 5.41) is 11.5. The van der Waals surface area contributed by atoms with Crippen molar-refractivity contribution >= 4 is 50.4 Å². The summed E-state index contributed by atoms with van der Waals surface area (Å²) in [5.74, 6) is -1.34. The third-order valence-corrected chi connectivity index (χ3v) is 16.3. The molecule has 15 nitrogen and oxygen atoms in total. The minimum Gasteiger partial charge on any atom is -0.472 e. The SMILES string of the molecule is CC1(S(=O)(=O)NC(=O)[C@@]23C[C@H]2C=CCCCCC[C@H](NC(=O)OC2CCCC2)C(=O)N2C[C@H](Oc4cc(-c5ccc(C6CC6)cc5)nc5c6ccccc6nn45)C[C@H]2C(=O)N3)CC1. The lowest BCUT2D eigenvalue weighted by Gasteiger charge is -2.30. The highest BCUT2D eigenvalue weighted by molar-refractivity contribution is 7.91. The zero-order valence-corrected chi connectivity index (χ0v) is 36.4. The minimum atomic E-state index is -4.01. The van der Waals surface area contributed by atoms with E-state index in [1.165, 1.54) is 23.3 Å². The van der Waals surface area contributed by atoms with Crippen LogP contribution in [0.5, 0.6) is 5.88 Å². The Morgan fingerprint density at radius 3 is 2.44 bits per heavy atom. The number of aromatic nitrogens is 3. The topological polar surface area (TPSA) is 190 Å². The van der Waals surface area contributed by atoms with Crippen molar-refractivity contribution in [3.8, 4) is 17.1 Å². The van der Waals surface area contributed by atoms with E-state index >= 15 is 0 Å². The van der Waals surface area contributed by atoms with Crippen LogP contribution in [-0.4, -0.2) is 92.9 Å². The van der Waals surface area contributed by atoms with Gasteiger partial charge in [0.1, 0.15) is 29.8 Å². The number of benzene rings is 2. The van der Waals surface area contributed by atoms with Crippen LogP contribution in [0, 0.1) is 5.92 Å². The third-order valence-electron chi connectivity index (χ3n) is 14.1. The zero-order chi connectivity index (χ0) is 43.5. The highest BCUT2D eigenvalue weighted by Gasteiger charge is 2.63. The Hall–Kier alpha value is -5.51. The Morgan fingerprint density at radius 1 is 0.921 bits per heavy atom. The van der Waals surface area contributed by atoms with Crippen molar-refractivity contribution < 1.29 is 37.1 Å². The van der Waals surface area contributed by atoms with E-state index in [4.69, 9.17) is 19.6 Å².